The van der Waals surface area contributed by atoms with Crippen LogP contribution in [0.15, 0.2) is 18.2 Å². The van der Waals surface area contributed by atoms with Gasteiger partial charge < -0.3 is 10.5 Å². The summed E-state index contributed by atoms with van der Waals surface area (Å²) in [7, 11) is 1.69. The molecular formula is C13H20FNO. The van der Waals surface area contributed by atoms with Gasteiger partial charge in [-0.05, 0) is 49.9 Å². The molecule has 0 saturated carbocycles. The van der Waals surface area contributed by atoms with Crippen LogP contribution in [-0.4, -0.2) is 13.2 Å². The van der Waals surface area contributed by atoms with Gasteiger partial charge in [-0.2, -0.15) is 0 Å². The SMILES string of the molecule is COC(C)CCC(N)c1ccc(F)cc1C. The second-order valence-electron chi connectivity index (χ2n) is 4.23. The van der Waals surface area contributed by atoms with Crippen LogP contribution in [0.2, 0.25) is 0 Å². The van der Waals surface area contributed by atoms with Gasteiger partial charge in [0.05, 0.1) is 6.10 Å². The maximum atomic E-state index is 12.9. The molecule has 2 unspecified atom stereocenters. The molecular weight excluding hydrogens is 205 g/mol. The summed E-state index contributed by atoms with van der Waals surface area (Å²) in [5.74, 6) is -0.210. The van der Waals surface area contributed by atoms with Gasteiger partial charge in [-0.25, -0.2) is 4.39 Å². The molecule has 2 atom stereocenters. The Kier molecular flexibility index (Phi) is 4.90. The number of benzene rings is 1. The summed E-state index contributed by atoms with van der Waals surface area (Å²) in [4.78, 5) is 0. The molecule has 0 amide bonds. The highest BCUT2D eigenvalue weighted by atomic mass is 19.1. The van der Waals surface area contributed by atoms with Gasteiger partial charge >= 0.3 is 0 Å². The summed E-state index contributed by atoms with van der Waals surface area (Å²) in [6.07, 6.45) is 1.97. The molecule has 2 nitrogen and oxygen atoms in total. The van der Waals surface area contributed by atoms with E-state index in [9.17, 15) is 4.39 Å². The van der Waals surface area contributed by atoms with E-state index in [1.807, 2.05) is 13.8 Å². The van der Waals surface area contributed by atoms with Crippen LogP contribution in [0.1, 0.15) is 36.9 Å². The first-order chi connectivity index (χ1) is 7.54. The van der Waals surface area contributed by atoms with Crippen LogP contribution in [0.3, 0.4) is 0 Å². The predicted octanol–water partition coefficient (Wildman–Crippen LogP) is 2.95. The third kappa shape index (κ3) is 3.58. The van der Waals surface area contributed by atoms with Gasteiger partial charge in [0.15, 0.2) is 0 Å². The monoisotopic (exact) mass is 225 g/mol. The second kappa shape index (κ2) is 5.97. The third-order valence-electron chi connectivity index (χ3n) is 2.92. The van der Waals surface area contributed by atoms with Crippen molar-refractivity contribution in [2.45, 2.75) is 38.8 Å². The Balaban J connectivity index is 2.62. The molecule has 0 aliphatic carbocycles. The third-order valence-corrected chi connectivity index (χ3v) is 2.92. The number of methoxy groups -OCH3 is 1. The zero-order valence-corrected chi connectivity index (χ0v) is 10.2. The molecule has 1 aromatic rings. The Labute approximate surface area is 96.6 Å². The van der Waals surface area contributed by atoms with Gasteiger partial charge in [-0.15, -0.1) is 0 Å². The van der Waals surface area contributed by atoms with Crippen molar-refractivity contribution in [3.63, 3.8) is 0 Å². The van der Waals surface area contributed by atoms with Crippen molar-refractivity contribution in [2.24, 2.45) is 5.73 Å². The molecule has 0 fully saturated rings. The van der Waals surface area contributed by atoms with Crippen LogP contribution in [0.4, 0.5) is 4.39 Å². The summed E-state index contributed by atoms with van der Waals surface area (Å²) in [5.41, 5.74) is 8.00. The highest BCUT2D eigenvalue weighted by molar-refractivity contribution is 5.29. The number of halogens is 1. The molecule has 2 N–H and O–H groups in total. The fraction of sp³-hybridized carbons (Fsp3) is 0.538. The fourth-order valence-corrected chi connectivity index (χ4v) is 1.74. The average molecular weight is 225 g/mol. The molecule has 16 heavy (non-hydrogen) atoms. The molecule has 1 rings (SSSR count). The lowest BCUT2D eigenvalue weighted by molar-refractivity contribution is 0.107. The van der Waals surface area contributed by atoms with Gasteiger partial charge in [0.1, 0.15) is 5.82 Å². The molecule has 90 valence electrons. The number of hydrogen-bond donors (Lipinski definition) is 1. The minimum atomic E-state index is -0.210. The Bertz CT molecular complexity index is 341. The average Bonchev–Trinajstić information content (AvgIpc) is 2.25. The Morgan fingerprint density at radius 1 is 1.38 bits per heavy atom. The first-order valence-electron chi connectivity index (χ1n) is 5.59. The van der Waals surface area contributed by atoms with Crippen LogP contribution in [0.25, 0.3) is 0 Å². The maximum Gasteiger partial charge on any atom is 0.123 e. The predicted molar refractivity (Wildman–Crippen MR) is 63.8 cm³/mol. The summed E-state index contributed by atoms with van der Waals surface area (Å²) in [5, 5.41) is 0. The zero-order valence-electron chi connectivity index (χ0n) is 10.2. The minimum Gasteiger partial charge on any atom is -0.382 e. The van der Waals surface area contributed by atoms with E-state index >= 15 is 0 Å². The fourth-order valence-electron chi connectivity index (χ4n) is 1.74. The maximum absolute atomic E-state index is 12.9. The van der Waals surface area contributed by atoms with Crippen LogP contribution in [0, 0.1) is 12.7 Å². The van der Waals surface area contributed by atoms with Crippen molar-refractivity contribution in [3.8, 4) is 0 Å². The van der Waals surface area contributed by atoms with Crippen molar-refractivity contribution in [2.75, 3.05) is 7.11 Å². The molecule has 0 radical (unpaired) electrons. The van der Waals surface area contributed by atoms with Crippen molar-refractivity contribution in [1.29, 1.82) is 0 Å². The highest BCUT2D eigenvalue weighted by Crippen LogP contribution is 2.21. The molecule has 0 bridgehead atoms. The van der Waals surface area contributed by atoms with E-state index in [1.54, 1.807) is 13.2 Å². The molecule has 1 aromatic carbocycles. The van der Waals surface area contributed by atoms with E-state index in [4.69, 9.17) is 10.5 Å². The van der Waals surface area contributed by atoms with Crippen molar-refractivity contribution in [1.82, 2.24) is 0 Å². The Morgan fingerprint density at radius 3 is 2.62 bits per heavy atom. The lowest BCUT2D eigenvalue weighted by Crippen LogP contribution is -2.15. The molecule has 0 spiro atoms. The Morgan fingerprint density at radius 2 is 2.06 bits per heavy atom. The van der Waals surface area contributed by atoms with Crippen LogP contribution in [0.5, 0.6) is 0 Å². The van der Waals surface area contributed by atoms with Crippen LogP contribution < -0.4 is 5.73 Å². The summed E-state index contributed by atoms with van der Waals surface area (Å²) < 4.78 is 18.1. The van der Waals surface area contributed by atoms with E-state index < -0.39 is 0 Å². The molecule has 0 saturated heterocycles. The number of nitrogens with two attached hydrogens (primary N) is 1. The van der Waals surface area contributed by atoms with E-state index in [0.29, 0.717) is 0 Å². The molecule has 3 heteroatoms. The van der Waals surface area contributed by atoms with E-state index in [1.165, 1.54) is 12.1 Å². The summed E-state index contributed by atoms with van der Waals surface area (Å²) in [6, 6.07) is 4.71. The highest BCUT2D eigenvalue weighted by Gasteiger charge is 2.11. The van der Waals surface area contributed by atoms with Crippen molar-refractivity contribution >= 4 is 0 Å². The molecule has 0 aliphatic rings. The molecule has 0 aromatic heterocycles. The molecule has 0 heterocycles. The number of aryl methyl sites for hydroxylation is 1. The lowest BCUT2D eigenvalue weighted by atomic mass is 9.97. The quantitative estimate of drug-likeness (QED) is 0.836. The Hall–Kier alpha value is -0.930. The van der Waals surface area contributed by atoms with Crippen LogP contribution in [-0.2, 0) is 4.74 Å². The topological polar surface area (TPSA) is 35.2 Å². The number of ether oxygens (including phenoxy) is 1. The van der Waals surface area contributed by atoms with Gasteiger partial charge in [0, 0.05) is 13.2 Å². The number of hydrogen-bond acceptors (Lipinski definition) is 2. The van der Waals surface area contributed by atoms with Gasteiger partial charge in [-0.1, -0.05) is 6.07 Å². The number of rotatable bonds is 5. The lowest BCUT2D eigenvalue weighted by Gasteiger charge is -2.17. The van der Waals surface area contributed by atoms with Gasteiger partial charge in [0.25, 0.3) is 0 Å². The van der Waals surface area contributed by atoms with Gasteiger partial charge in [0.2, 0.25) is 0 Å². The van der Waals surface area contributed by atoms with E-state index in [-0.39, 0.29) is 18.0 Å². The normalized spacial score (nSPS) is 14.8. The first-order valence-corrected chi connectivity index (χ1v) is 5.59. The first kappa shape index (κ1) is 13.1. The smallest absolute Gasteiger partial charge is 0.123 e. The molecule has 0 aliphatic heterocycles. The largest absolute Gasteiger partial charge is 0.382 e. The summed E-state index contributed by atoms with van der Waals surface area (Å²) >= 11 is 0. The zero-order chi connectivity index (χ0) is 12.1. The van der Waals surface area contributed by atoms with Crippen LogP contribution >= 0.6 is 0 Å². The standard InChI is InChI=1S/C13H20FNO/c1-9-8-11(14)5-6-12(9)13(15)7-4-10(2)16-3/h5-6,8,10,13H,4,7,15H2,1-3H3. The van der Waals surface area contributed by atoms with Crippen molar-refractivity contribution < 1.29 is 9.13 Å². The summed E-state index contributed by atoms with van der Waals surface area (Å²) in [6.45, 7) is 3.91. The van der Waals surface area contributed by atoms with Crippen molar-refractivity contribution in [3.05, 3.63) is 35.1 Å². The van der Waals surface area contributed by atoms with Gasteiger partial charge in [-0.3, -0.25) is 0 Å². The van der Waals surface area contributed by atoms with E-state index in [2.05, 4.69) is 0 Å². The second-order valence-corrected chi connectivity index (χ2v) is 4.23. The van der Waals surface area contributed by atoms with E-state index in [0.717, 1.165) is 24.0 Å². The minimum absolute atomic E-state index is 0.0433.